The van der Waals surface area contributed by atoms with Crippen molar-refractivity contribution in [1.82, 2.24) is 0 Å². The van der Waals surface area contributed by atoms with Gasteiger partial charge in [0.2, 0.25) is 0 Å². The summed E-state index contributed by atoms with van der Waals surface area (Å²) in [6.45, 7) is 1.95. The molecular formula is C14H10BrClF2. The number of aryl methyl sites for hydroxylation is 1. The van der Waals surface area contributed by atoms with Gasteiger partial charge in [0.15, 0.2) is 0 Å². The van der Waals surface area contributed by atoms with Crippen LogP contribution in [0.3, 0.4) is 0 Å². The molecule has 1 unspecified atom stereocenters. The molecule has 0 aliphatic carbocycles. The average molecular weight is 332 g/mol. The first-order chi connectivity index (χ1) is 8.49. The van der Waals surface area contributed by atoms with Crippen LogP contribution < -0.4 is 0 Å². The van der Waals surface area contributed by atoms with E-state index >= 15 is 0 Å². The van der Waals surface area contributed by atoms with Crippen LogP contribution in [0.4, 0.5) is 8.78 Å². The summed E-state index contributed by atoms with van der Waals surface area (Å²) in [5.74, 6) is -1.24. The van der Waals surface area contributed by atoms with Crippen molar-refractivity contribution in [3.05, 3.63) is 69.2 Å². The van der Waals surface area contributed by atoms with Crippen molar-refractivity contribution in [2.75, 3.05) is 0 Å². The minimum absolute atomic E-state index is 0.272. The molecule has 2 aromatic carbocycles. The molecule has 0 amide bonds. The van der Waals surface area contributed by atoms with Crippen molar-refractivity contribution in [1.29, 1.82) is 0 Å². The van der Waals surface area contributed by atoms with E-state index in [1.807, 2.05) is 25.1 Å². The standard InChI is InChI=1S/C14H10BrClF2/c1-8-2-3-9(6-12(8)15)14(16)11-5-4-10(17)7-13(11)18/h2-7,14H,1H3. The Kier molecular flexibility index (Phi) is 4.03. The Morgan fingerprint density at radius 3 is 2.44 bits per heavy atom. The lowest BCUT2D eigenvalue weighted by molar-refractivity contribution is 0.573. The lowest BCUT2D eigenvalue weighted by Gasteiger charge is -2.12. The Balaban J connectivity index is 2.41. The second-order valence-electron chi connectivity index (χ2n) is 4.04. The third-order valence-electron chi connectivity index (χ3n) is 2.72. The zero-order chi connectivity index (χ0) is 13.3. The fourth-order valence-corrected chi connectivity index (χ4v) is 2.36. The number of halogens is 4. The monoisotopic (exact) mass is 330 g/mol. The zero-order valence-corrected chi connectivity index (χ0v) is 11.9. The summed E-state index contributed by atoms with van der Waals surface area (Å²) in [7, 11) is 0. The van der Waals surface area contributed by atoms with E-state index in [0.29, 0.717) is 0 Å². The smallest absolute Gasteiger partial charge is 0.131 e. The topological polar surface area (TPSA) is 0 Å². The lowest BCUT2D eigenvalue weighted by atomic mass is 10.0. The molecule has 0 aliphatic rings. The van der Waals surface area contributed by atoms with E-state index in [0.717, 1.165) is 21.7 Å². The fraction of sp³-hybridized carbons (Fsp3) is 0.143. The van der Waals surface area contributed by atoms with E-state index in [2.05, 4.69) is 15.9 Å². The van der Waals surface area contributed by atoms with Crippen LogP contribution in [0, 0.1) is 18.6 Å². The quantitative estimate of drug-likeness (QED) is 0.650. The fourth-order valence-electron chi connectivity index (χ4n) is 1.65. The summed E-state index contributed by atoms with van der Waals surface area (Å²) in [6.07, 6.45) is 0. The van der Waals surface area contributed by atoms with Crippen LogP contribution in [0.15, 0.2) is 40.9 Å². The highest BCUT2D eigenvalue weighted by Gasteiger charge is 2.16. The van der Waals surface area contributed by atoms with E-state index in [1.165, 1.54) is 12.1 Å². The van der Waals surface area contributed by atoms with Gasteiger partial charge < -0.3 is 0 Å². The molecule has 0 aliphatic heterocycles. The Morgan fingerprint density at radius 2 is 1.83 bits per heavy atom. The van der Waals surface area contributed by atoms with E-state index in [-0.39, 0.29) is 5.56 Å². The molecule has 0 bridgehead atoms. The van der Waals surface area contributed by atoms with Gasteiger partial charge in [-0.3, -0.25) is 0 Å². The second-order valence-corrected chi connectivity index (χ2v) is 5.33. The number of hydrogen-bond donors (Lipinski definition) is 0. The summed E-state index contributed by atoms with van der Waals surface area (Å²) in [5.41, 5.74) is 2.11. The summed E-state index contributed by atoms with van der Waals surface area (Å²) < 4.78 is 27.4. The highest BCUT2D eigenvalue weighted by atomic mass is 79.9. The minimum atomic E-state index is -0.637. The molecule has 0 saturated carbocycles. The van der Waals surface area contributed by atoms with Gasteiger partial charge in [0.25, 0.3) is 0 Å². The van der Waals surface area contributed by atoms with Crippen molar-refractivity contribution in [3.63, 3.8) is 0 Å². The van der Waals surface area contributed by atoms with Gasteiger partial charge in [0.05, 0.1) is 5.38 Å². The van der Waals surface area contributed by atoms with Gasteiger partial charge in [-0.25, -0.2) is 8.78 Å². The maximum atomic E-state index is 13.6. The maximum Gasteiger partial charge on any atom is 0.131 e. The van der Waals surface area contributed by atoms with Crippen LogP contribution >= 0.6 is 27.5 Å². The van der Waals surface area contributed by atoms with Crippen molar-refractivity contribution in [2.24, 2.45) is 0 Å². The third-order valence-corrected chi connectivity index (χ3v) is 4.07. The Hall–Kier alpha value is -0.930. The van der Waals surface area contributed by atoms with Crippen LogP contribution in [0.1, 0.15) is 22.1 Å². The molecule has 4 heteroatoms. The second kappa shape index (κ2) is 5.37. The largest absolute Gasteiger partial charge is 0.207 e. The van der Waals surface area contributed by atoms with Gasteiger partial charge in [-0.15, -0.1) is 11.6 Å². The summed E-state index contributed by atoms with van der Waals surface area (Å²) in [5, 5.41) is -0.637. The minimum Gasteiger partial charge on any atom is -0.207 e. The van der Waals surface area contributed by atoms with Gasteiger partial charge in [-0.05, 0) is 30.2 Å². The van der Waals surface area contributed by atoms with Crippen molar-refractivity contribution in [3.8, 4) is 0 Å². The zero-order valence-electron chi connectivity index (χ0n) is 9.55. The molecule has 0 nitrogen and oxygen atoms in total. The normalized spacial score (nSPS) is 12.5. The Bertz CT molecular complexity index is 584. The molecule has 0 saturated heterocycles. The first-order valence-corrected chi connectivity index (χ1v) is 6.57. The number of hydrogen-bond acceptors (Lipinski definition) is 0. The van der Waals surface area contributed by atoms with Crippen molar-refractivity contribution < 1.29 is 8.78 Å². The Labute approximate surface area is 118 Å². The molecule has 2 rings (SSSR count). The molecule has 0 spiro atoms. The highest BCUT2D eigenvalue weighted by molar-refractivity contribution is 9.10. The predicted molar refractivity (Wildman–Crippen MR) is 72.9 cm³/mol. The van der Waals surface area contributed by atoms with Crippen LogP contribution in [-0.4, -0.2) is 0 Å². The van der Waals surface area contributed by atoms with E-state index < -0.39 is 17.0 Å². The molecule has 0 aromatic heterocycles. The van der Waals surface area contributed by atoms with Gasteiger partial charge in [-0.1, -0.05) is 34.1 Å². The first-order valence-electron chi connectivity index (χ1n) is 5.34. The molecule has 2 aromatic rings. The maximum absolute atomic E-state index is 13.6. The van der Waals surface area contributed by atoms with Gasteiger partial charge in [0, 0.05) is 16.1 Å². The molecule has 0 radical (unpaired) electrons. The number of alkyl halides is 1. The van der Waals surface area contributed by atoms with E-state index in [1.54, 1.807) is 0 Å². The van der Waals surface area contributed by atoms with E-state index in [4.69, 9.17) is 11.6 Å². The van der Waals surface area contributed by atoms with Crippen LogP contribution in [0.5, 0.6) is 0 Å². The molecule has 0 fully saturated rings. The number of benzene rings is 2. The van der Waals surface area contributed by atoms with Gasteiger partial charge in [0.1, 0.15) is 11.6 Å². The van der Waals surface area contributed by atoms with Crippen LogP contribution in [-0.2, 0) is 0 Å². The lowest BCUT2D eigenvalue weighted by Crippen LogP contribution is -1.98. The average Bonchev–Trinajstić information content (AvgIpc) is 2.32. The summed E-state index contributed by atoms with van der Waals surface area (Å²) in [6, 6.07) is 8.99. The molecule has 0 N–H and O–H groups in total. The summed E-state index contributed by atoms with van der Waals surface area (Å²) in [4.78, 5) is 0. The van der Waals surface area contributed by atoms with E-state index in [9.17, 15) is 8.78 Å². The SMILES string of the molecule is Cc1ccc(C(Cl)c2ccc(F)cc2F)cc1Br. The predicted octanol–water partition coefficient (Wildman–Crippen LogP) is 5.36. The molecule has 0 heterocycles. The number of rotatable bonds is 2. The first kappa shape index (κ1) is 13.5. The molecular weight excluding hydrogens is 322 g/mol. The molecule has 18 heavy (non-hydrogen) atoms. The van der Waals surface area contributed by atoms with Gasteiger partial charge in [-0.2, -0.15) is 0 Å². The molecule has 94 valence electrons. The third kappa shape index (κ3) is 2.73. The van der Waals surface area contributed by atoms with Crippen LogP contribution in [0.2, 0.25) is 0 Å². The Morgan fingerprint density at radius 1 is 1.11 bits per heavy atom. The van der Waals surface area contributed by atoms with Crippen molar-refractivity contribution in [2.45, 2.75) is 12.3 Å². The van der Waals surface area contributed by atoms with Gasteiger partial charge >= 0.3 is 0 Å². The highest BCUT2D eigenvalue weighted by Crippen LogP contribution is 2.33. The van der Waals surface area contributed by atoms with Crippen molar-refractivity contribution >= 4 is 27.5 Å². The molecule has 1 atom stereocenters. The summed E-state index contributed by atoms with van der Waals surface area (Å²) >= 11 is 9.63. The van der Waals surface area contributed by atoms with Crippen LogP contribution in [0.25, 0.3) is 0 Å².